The highest BCUT2D eigenvalue weighted by molar-refractivity contribution is 7.86. The van der Waals surface area contributed by atoms with E-state index in [0.29, 0.717) is 12.8 Å². The predicted molar refractivity (Wildman–Crippen MR) is 71.1 cm³/mol. The Morgan fingerprint density at radius 3 is 2.79 bits per heavy atom. The minimum atomic E-state index is -0.902. The molecule has 2 aromatic rings. The Bertz CT molecular complexity index is 653. The molecule has 2 aliphatic rings. The fourth-order valence-electron chi connectivity index (χ4n) is 3.48. The molecule has 100 valence electrons. The van der Waals surface area contributed by atoms with Crippen LogP contribution in [0.25, 0.3) is 5.65 Å². The third-order valence-corrected chi connectivity index (χ3v) is 6.51. The molecule has 2 aliphatic heterocycles. The van der Waals surface area contributed by atoms with Crippen LogP contribution in [0.4, 0.5) is 0 Å². The zero-order valence-electron chi connectivity index (χ0n) is 10.4. The predicted octanol–water partition coefficient (Wildman–Crippen LogP) is 0.990. The lowest BCUT2D eigenvalue weighted by atomic mass is 9.90. The van der Waals surface area contributed by atoms with Crippen molar-refractivity contribution in [3.63, 3.8) is 0 Å². The normalized spacial score (nSPS) is 37.8. The van der Waals surface area contributed by atoms with Crippen molar-refractivity contribution in [3.05, 3.63) is 30.5 Å². The van der Waals surface area contributed by atoms with Gasteiger partial charge in [0.15, 0.2) is 5.65 Å². The van der Waals surface area contributed by atoms with Gasteiger partial charge in [0.2, 0.25) is 0 Å². The molecule has 6 heteroatoms. The molecule has 2 bridgehead atoms. The number of imidazole rings is 1. The maximum absolute atomic E-state index is 12.1. The van der Waals surface area contributed by atoms with Crippen LogP contribution in [0.5, 0.6) is 0 Å². The second kappa shape index (κ2) is 3.86. The van der Waals surface area contributed by atoms with Crippen molar-refractivity contribution in [2.24, 2.45) is 0 Å². The molecule has 19 heavy (non-hydrogen) atoms. The van der Waals surface area contributed by atoms with Gasteiger partial charge in [0.1, 0.15) is 5.60 Å². The summed E-state index contributed by atoms with van der Waals surface area (Å²) >= 11 is 0. The number of aromatic nitrogens is 3. The number of hydrogen-bond donors (Lipinski definition) is 1. The highest BCUT2D eigenvalue weighted by Crippen LogP contribution is 2.45. The molecule has 2 saturated heterocycles. The average molecular weight is 277 g/mol. The van der Waals surface area contributed by atoms with Crippen LogP contribution in [0.3, 0.4) is 0 Å². The molecule has 5 nitrogen and oxygen atoms in total. The highest BCUT2D eigenvalue weighted by atomic mass is 32.2. The SMILES string of the molecule is O=S1C2CCC1CC(O)(c1cnc3cnccn13)C2. The van der Waals surface area contributed by atoms with Crippen molar-refractivity contribution in [1.29, 1.82) is 0 Å². The first kappa shape index (κ1) is 11.5. The Morgan fingerprint density at radius 2 is 2.05 bits per heavy atom. The van der Waals surface area contributed by atoms with Gasteiger partial charge in [-0.1, -0.05) is 0 Å². The standard InChI is InChI=1S/C13H15N3O2S/c17-13(5-9-1-2-10(6-13)19(9)18)11-7-15-12-8-14-3-4-16(11)12/h3-4,7-10,17H,1-2,5-6H2. The molecular formula is C13H15N3O2S. The van der Waals surface area contributed by atoms with Crippen LogP contribution in [0.15, 0.2) is 24.8 Å². The number of nitrogens with zero attached hydrogens (tertiary/aromatic N) is 3. The molecule has 0 aromatic carbocycles. The quantitative estimate of drug-likeness (QED) is 0.844. The van der Waals surface area contributed by atoms with Crippen molar-refractivity contribution >= 4 is 16.4 Å². The summed E-state index contributed by atoms with van der Waals surface area (Å²) in [5, 5.41) is 11.3. The van der Waals surface area contributed by atoms with Gasteiger partial charge in [-0.3, -0.25) is 13.6 Å². The lowest BCUT2D eigenvalue weighted by Crippen LogP contribution is -2.41. The summed E-state index contributed by atoms with van der Waals surface area (Å²) in [6.45, 7) is 0. The molecule has 0 spiro atoms. The Morgan fingerprint density at radius 1 is 1.32 bits per heavy atom. The van der Waals surface area contributed by atoms with E-state index >= 15 is 0 Å². The van der Waals surface area contributed by atoms with Crippen LogP contribution in [-0.4, -0.2) is 34.2 Å². The van der Waals surface area contributed by atoms with Crippen LogP contribution in [-0.2, 0) is 16.4 Å². The summed E-state index contributed by atoms with van der Waals surface area (Å²) in [5.41, 5.74) is 0.643. The second-order valence-corrected chi connectivity index (χ2v) is 7.53. The van der Waals surface area contributed by atoms with E-state index in [1.165, 1.54) is 0 Å². The van der Waals surface area contributed by atoms with E-state index in [4.69, 9.17) is 0 Å². The zero-order chi connectivity index (χ0) is 13.0. The third kappa shape index (κ3) is 1.59. The summed E-state index contributed by atoms with van der Waals surface area (Å²) < 4.78 is 14.0. The smallest absolute Gasteiger partial charge is 0.155 e. The fraction of sp³-hybridized carbons (Fsp3) is 0.538. The summed E-state index contributed by atoms with van der Waals surface area (Å²) in [6.07, 6.45) is 10.0. The van der Waals surface area contributed by atoms with Gasteiger partial charge in [-0.2, -0.15) is 0 Å². The average Bonchev–Trinajstić information content (AvgIpc) is 2.92. The van der Waals surface area contributed by atoms with E-state index < -0.39 is 16.4 Å². The van der Waals surface area contributed by atoms with Crippen molar-refractivity contribution in [2.75, 3.05) is 0 Å². The fourth-order valence-corrected chi connectivity index (χ4v) is 5.64. The van der Waals surface area contributed by atoms with Crippen molar-refractivity contribution in [1.82, 2.24) is 14.4 Å². The number of rotatable bonds is 1. The first-order chi connectivity index (χ1) is 9.17. The largest absolute Gasteiger partial charge is 0.383 e. The Balaban J connectivity index is 1.81. The molecule has 0 radical (unpaired) electrons. The summed E-state index contributed by atoms with van der Waals surface area (Å²) in [6, 6.07) is 0. The van der Waals surface area contributed by atoms with Gasteiger partial charge in [0.05, 0.1) is 18.1 Å². The summed E-state index contributed by atoms with van der Waals surface area (Å²) in [5.74, 6) is 0. The van der Waals surface area contributed by atoms with Gasteiger partial charge in [-0.05, 0) is 25.7 Å². The minimum absolute atomic E-state index is 0.135. The van der Waals surface area contributed by atoms with E-state index in [9.17, 15) is 9.32 Å². The molecule has 0 amide bonds. The molecule has 2 unspecified atom stereocenters. The van der Waals surface area contributed by atoms with Gasteiger partial charge in [0, 0.05) is 33.7 Å². The lowest BCUT2D eigenvalue weighted by Gasteiger charge is -2.35. The molecule has 1 N–H and O–H groups in total. The Labute approximate surface area is 113 Å². The molecular weight excluding hydrogens is 262 g/mol. The third-order valence-electron chi connectivity index (χ3n) is 4.39. The second-order valence-electron chi connectivity index (χ2n) is 5.54. The van der Waals surface area contributed by atoms with Gasteiger partial charge in [0.25, 0.3) is 0 Å². The van der Waals surface area contributed by atoms with Gasteiger partial charge in [-0.15, -0.1) is 0 Å². The van der Waals surface area contributed by atoms with E-state index in [-0.39, 0.29) is 10.5 Å². The number of hydrogen-bond acceptors (Lipinski definition) is 4. The van der Waals surface area contributed by atoms with Crippen LogP contribution in [0.1, 0.15) is 31.4 Å². The van der Waals surface area contributed by atoms with Crippen molar-refractivity contribution in [3.8, 4) is 0 Å². The van der Waals surface area contributed by atoms with E-state index in [1.54, 1.807) is 18.6 Å². The number of aliphatic hydroxyl groups is 1. The molecule has 2 aromatic heterocycles. The maximum atomic E-state index is 12.1. The minimum Gasteiger partial charge on any atom is -0.383 e. The van der Waals surface area contributed by atoms with Crippen LogP contribution >= 0.6 is 0 Å². The molecule has 2 atom stereocenters. The molecule has 2 fully saturated rings. The van der Waals surface area contributed by atoms with E-state index in [2.05, 4.69) is 9.97 Å². The lowest BCUT2D eigenvalue weighted by molar-refractivity contribution is 0.0134. The summed E-state index contributed by atoms with van der Waals surface area (Å²) in [4.78, 5) is 8.33. The molecule has 4 heterocycles. The Kier molecular flexibility index (Phi) is 2.35. The van der Waals surface area contributed by atoms with Crippen LogP contribution < -0.4 is 0 Å². The monoisotopic (exact) mass is 277 g/mol. The molecule has 0 aliphatic carbocycles. The highest BCUT2D eigenvalue weighted by Gasteiger charge is 2.49. The van der Waals surface area contributed by atoms with Crippen molar-refractivity contribution in [2.45, 2.75) is 41.8 Å². The van der Waals surface area contributed by atoms with Crippen molar-refractivity contribution < 1.29 is 9.32 Å². The molecule has 4 rings (SSSR count). The number of fused-ring (bicyclic) bond motifs is 3. The van der Waals surface area contributed by atoms with Crippen LogP contribution in [0, 0.1) is 0 Å². The van der Waals surface area contributed by atoms with Crippen LogP contribution in [0.2, 0.25) is 0 Å². The topological polar surface area (TPSA) is 67.5 Å². The van der Waals surface area contributed by atoms with Gasteiger partial charge in [-0.25, -0.2) is 4.98 Å². The van der Waals surface area contributed by atoms with Gasteiger partial charge >= 0.3 is 0 Å². The van der Waals surface area contributed by atoms with E-state index in [0.717, 1.165) is 24.2 Å². The van der Waals surface area contributed by atoms with E-state index in [1.807, 2.05) is 10.6 Å². The zero-order valence-corrected chi connectivity index (χ0v) is 11.2. The molecule has 0 saturated carbocycles. The van der Waals surface area contributed by atoms with Gasteiger partial charge < -0.3 is 5.11 Å². The first-order valence-electron chi connectivity index (χ1n) is 6.57. The Hall–Kier alpha value is -1.27. The maximum Gasteiger partial charge on any atom is 0.155 e. The summed E-state index contributed by atoms with van der Waals surface area (Å²) in [7, 11) is -0.763. The first-order valence-corrected chi connectivity index (χ1v) is 7.84.